The van der Waals surface area contributed by atoms with Crippen molar-refractivity contribution in [1.29, 1.82) is 0 Å². The van der Waals surface area contributed by atoms with Gasteiger partial charge in [0.1, 0.15) is 0 Å². The van der Waals surface area contributed by atoms with E-state index in [1.807, 2.05) is 26.0 Å². The Hall–Kier alpha value is -2.62. The third-order valence-corrected chi connectivity index (χ3v) is 4.02. The van der Waals surface area contributed by atoms with Gasteiger partial charge in [0, 0.05) is 5.41 Å². The molecule has 0 heterocycles. The summed E-state index contributed by atoms with van der Waals surface area (Å²) in [7, 11) is 0. The van der Waals surface area contributed by atoms with Crippen LogP contribution in [0.2, 0.25) is 0 Å². The first-order chi connectivity index (χ1) is 12.3. The maximum Gasteiger partial charge on any atom is 0.341 e. The van der Waals surface area contributed by atoms with Gasteiger partial charge in [-0.2, -0.15) is 0 Å². The van der Waals surface area contributed by atoms with Crippen LogP contribution >= 0.6 is 0 Å². The zero-order valence-corrected chi connectivity index (χ0v) is 15.8. The van der Waals surface area contributed by atoms with Crippen molar-refractivity contribution >= 4 is 11.9 Å². The summed E-state index contributed by atoms with van der Waals surface area (Å²) in [5, 5.41) is 0. The van der Waals surface area contributed by atoms with Gasteiger partial charge in [0.2, 0.25) is 0 Å². The van der Waals surface area contributed by atoms with Crippen molar-refractivity contribution in [2.24, 2.45) is 11.3 Å². The van der Waals surface area contributed by atoms with Crippen molar-refractivity contribution < 1.29 is 19.1 Å². The van der Waals surface area contributed by atoms with Crippen LogP contribution in [0.4, 0.5) is 0 Å². The molecule has 0 saturated heterocycles. The molecule has 4 heteroatoms. The van der Waals surface area contributed by atoms with Gasteiger partial charge in [-0.3, -0.25) is 0 Å². The Kier molecular flexibility index (Phi) is 6.56. The summed E-state index contributed by atoms with van der Waals surface area (Å²) in [4.78, 5) is 25.0. The lowest BCUT2D eigenvalue weighted by Crippen LogP contribution is -2.39. The molecule has 0 aliphatic heterocycles. The number of ether oxygens (including phenoxy) is 2. The molecule has 0 spiro atoms. The van der Waals surface area contributed by atoms with Crippen LogP contribution in [0, 0.1) is 11.3 Å². The van der Waals surface area contributed by atoms with Crippen LogP contribution in [0.5, 0.6) is 0 Å². The molecule has 0 aliphatic carbocycles. The molecule has 0 aromatic heterocycles. The lowest BCUT2D eigenvalue weighted by molar-refractivity contribution is -0.141. The van der Waals surface area contributed by atoms with Crippen LogP contribution in [-0.2, 0) is 9.47 Å². The lowest BCUT2D eigenvalue weighted by atomic mass is 9.83. The predicted octanol–water partition coefficient (Wildman–Crippen LogP) is 5.10. The second-order valence-corrected chi connectivity index (χ2v) is 7.46. The molecule has 4 nitrogen and oxygen atoms in total. The van der Waals surface area contributed by atoms with Gasteiger partial charge in [-0.05, 0) is 36.6 Å². The van der Waals surface area contributed by atoms with E-state index in [2.05, 4.69) is 13.8 Å². The molecule has 0 aliphatic rings. The smallest absolute Gasteiger partial charge is 0.341 e. The van der Waals surface area contributed by atoms with Crippen LogP contribution in [0.25, 0.3) is 0 Å². The molecule has 2 rings (SSSR count). The van der Waals surface area contributed by atoms with E-state index >= 15 is 0 Å². The Morgan fingerprint density at radius 3 is 1.54 bits per heavy atom. The van der Waals surface area contributed by atoms with Gasteiger partial charge in [0.15, 0.2) is 0 Å². The minimum atomic E-state index is -0.981. The highest BCUT2D eigenvalue weighted by atomic mass is 16.7. The van der Waals surface area contributed by atoms with E-state index in [-0.39, 0.29) is 0 Å². The first kappa shape index (κ1) is 19.7. The molecular weight excluding hydrogens is 328 g/mol. The number of hydrogen-bond acceptors (Lipinski definition) is 4. The molecule has 2 aromatic carbocycles. The number of carbonyl (C=O) groups is 2. The van der Waals surface area contributed by atoms with Crippen molar-refractivity contribution in [3.05, 3.63) is 71.8 Å². The normalized spacial score (nSPS) is 11.5. The number of esters is 2. The summed E-state index contributed by atoms with van der Waals surface area (Å²) in [5.74, 6) is -0.653. The molecule has 0 amide bonds. The Bertz CT molecular complexity index is 667. The van der Waals surface area contributed by atoms with Gasteiger partial charge < -0.3 is 9.47 Å². The predicted molar refractivity (Wildman–Crippen MR) is 101 cm³/mol. The third kappa shape index (κ3) is 5.45. The van der Waals surface area contributed by atoms with Crippen molar-refractivity contribution in [3.63, 3.8) is 0 Å². The molecule has 0 unspecified atom stereocenters. The summed E-state index contributed by atoms with van der Waals surface area (Å²) in [6.45, 7) is 8.04. The van der Waals surface area contributed by atoms with Gasteiger partial charge in [-0.15, -0.1) is 0 Å². The Morgan fingerprint density at radius 1 is 0.808 bits per heavy atom. The van der Waals surface area contributed by atoms with E-state index < -0.39 is 23.6 Å². The average molecular weight is 354 g/mol. The molecule has 2 aromatic rings. The largest absolute Gasteiger partial charge is 0.421 e. The molecule has 0 bridgehead atoms. The van der Waals surface area contributed by atoms with E-state index in [0.717, 1.165) is 6.42 Å². The van der Waals surface area contributed by atoms with Crippen molar-refractivity contribution in [3.8, 4) is 0 Å². The zero-order chi connectivity index (χ0) is 19.2. The summed E-state index contributed by atoms with van der Waals surface area (Å²) >= 11 is 0. The van der Waals surface area contributed by atoms with Gasteiger partial charge in [-0.25, -0.2) is 9.59 Å². The summed E-state index contributed by atoms with van der Waals surface area (Å²) in [5.41, 5.74) is 0.325. The van der Waals surface area contributed by atoms with E-state index in [1.165, 1.54) is 0 Å². The maximum absolute atomic E-state index is 12.5. The molecular formula is C22H26O4. The third-order valence-electron chi connectivity index (χ3n) is 4.02. The SMILES string of the molecule is CC(C)CC(C)(C)C(OC(=O)c1ccccc1)OC(=O)c1ccccc1. The van der Waals surface area contributed by atoms with Crippen LogP contribution in [-0.4, -0.2) is 18.2 Å². The molecule has 0 radical (unpaired) electrons. The number of carbonyl (C=O) groups excluding carboxylic acids is 2. The monoisotopic (exact) mass is 354 g/mol. The quantitative estimate of drug-likeness (QED) is 0.513. The van der Waals surface area contributed by atoms with E-state index in [9.17, 15) is 9.59 Å². The fourth-order valence-corrected chi connectivity index (χ4v) is 2.97. The van der Waals surface area contributed by atoms with Crippen LogP contribution < -0.4 is 0 Å². The summed E-state index contributed by atoms with van der Waals surface area (Å²) < 4.78 is 11.2. The number of hydrogen-bond donors (Lipinski definition) is 0. The first-order valence-corrected chi connectivity index (χ1v) is 8.81. The number of benzene rings is 2. The fraction of sp³-hybridized carbons (Fsp3) is 0.364. The maximum atomic E-state index is 12.5. The van der Waals surface area contributed by atoms with Gasteiger partial charge in [-0.1, -0.05) is 64.1 Å². The Balaban J connectivity index is 2.21. The minimum Gasteiger partial charge on any atom is -0.421 e. The molecule has 0 N–H and O–H groups in total. The second-order valence-electron chi connectivity index (χ2n) is 7.46. The minimum absolute atomic E-state index is 0.360. The van der Waals surface area contributed by atoms with Crippen molar-refractivity contribution in [2.75, 3.05) is 0 Å². The highest BCUT2D eigenvalue weighted by molar-refractivity contribution is 5.91. The fourth-order valence-electron chi connectivity index (χ4n) is 2.97. The zero-order valence-electron chi connectivity index (χ0n) is 15.8. The first-order valence-electron chi connectivity index (χ1n) is 8.81. The average Bonchev–Trinajstić information content (AvgIpc) is 2.61. The van der Waals surface area contributed by atoms with E-state index in [4.69, 9.17) is 9.47 Å². The van der Waals surface area contributed by atoms with Crippen molar-refractivity contribution in [1.82, 2.24) is 0 Å². The van der Waals surface area contributed by atoms with E-state index in [1.54, 1.807) is 48.5 Å². The van der Waals surface area contributed by atoms with Crippen molar-refractivity contribution in [2.45, 2.75) is 40.4 Å². The van der Waals surface area contributed by atoms with Gasteiger partial charge >= 0.3 is 11.9 Å². The summed E-state index contributed by atoms with van der Waals surface area (Å²) in [6, 6.07) is 17.4. The number of rotatable bonds is 7. The Morgan fingerprint density at radius 2 is 1.19 bits per heavy atom. The van der Waals surface area contributed by atoms with Gasteiger partial charge in [0.25, 0.3) is 6.29 Å². The molecule has 0 atom stereocenters. The molecule has 26 heavy (non-hydrogen) atoms. The Labute approximate surface area is 155 Å². The van der Waals surface area contributed by atoms with E-state index in [0.29, 0.717) is 17.0 Å². The van der Waals surface area contributed by atoms with Crippen LogP contribution in [0.1, 0.15) is 54.8 Å². The van der Waals surface area contributed by atoms with Gasteiger partial charge in [0.05, 0.1) is 11.1 Å². The molecule has 0 fully saturated rings. The highest BCUT2D eigenvalue weighted by Crippen LogP contribution is 2.33. The second kappa shape index (κ2) is 8.65. The lowest BCUT2D eigenvalue weighted by Gasteiger charge is -2.34. The molecule has 138 valence electrons. The summed E-state index contributed by atoms with van der Waals surface area (Å²) in [6.07, 6.45) is -0.243. The topological polar surface area (TPSA) is 52.6 Å². The van der Waals surface area contributed by atoms with Crippen LogP contribution in [0.15, 0.2) is 60.7 Å². The standard InChI is InChI=1S/C22H26O4/c1-16(2)15-22(3,4)21(25-19(23)17-11-7-5-8-12-17)26-20(24)18-13-9-6-10-14-18/h5-14,16,21H,15H2,1-4H3. The molecule has 0 saturated carbocycles. The highest BCUT2D eigenvalue weighted by Gasteiger charge is 2.37. The van der Waals surface area contributed by atoms with Crippen LogP contribution in [0.3, 0.4) is 0 Å².